The van der Waals surface area contributed by atoms with E-state index in [0.29, 0.717) is 5.76 Å². The van der Waals surface area contributed by atoms with Crippen molar-refractivity contribution in [1.82, 2.24) is 5.32 Å². The summed E-state index contributed by atoms with van der Waals surface area (Å²) >= 11 is 0. The molecule has 0 unspecified atom stereocenters. The zero-order valence-electron chi connectivity index (χ0n) is 11.6. The molecule has 1 atom stereocenters. The van der Waals surface area contributed by atoms with Gasteiger partial charge in [-0.2, -0.15) is 0 Å². The van der Waals surface area contributed by atoms with E-state index in [-0.39, 0.29) is 11.9 Å². The van der Waals surface area contributed by atoms with Crippen LogP contribution < -0.4 is 5.32 Å². The maximum atomic E-state index is 12.0. The Morgan fingerprint density at radius 1 is 1.21 bits per heavy atom. The van der Waals surface area contributed by atoms with Gasteiger partial charge in [0.15, 0.2) is 5.76 Å². The molecule has 0 aliphatic carbocycles. The Kier molecular flexibility index (Phi) is 4.05. The van der Waals surface area contributed by atoms with Gasteiger partial charge < -0.3 is 9.73 Å². The van der Waals surface area contributed by atoms with E-state index in [1.54, 1.807) is 12.1 Å². The minimum Gasteiger partial charge on any atom is -0.456 e. The summed E-state index contributed by atoms with van der Waals surface area (Å²) < 4.78 is 5.31. The van der Waals surface area contributed by atoms with Crippen LogP contribution in [0.25, 0.3) is 0 Å². The molecule has 100 valence electrons. The second kappa shape index (κ2) is 5.74. The van der Waals surface area contributed by atoms with Gasteiger partial charge in [0.25, 0.3) is 5.91 Å². The van der Waals surface area contributed by atoms with E-state index in [1.165, 1.54) is 5.56 Å². The number of hydrogen-bond donors (Lipinski definition) is 1. The van der Waals surface area contributed by atoms with Gasteiger partial charge in [0, 0.05) is 0 Å². The number of hydrogen-bond acceptors (Lipinski definition) is 2. The first kappa shape index (κ1) is 13.4. The molecule has 0 spiro atoms. The van der Waals surface area contributed by atoms with Gasteiger partial charge >= 0.3 is 0 Å². The van der Waals surface area contributed by atoms with Crippen LogP contribution in [0.5, 0.6) is 0 Å². The molecule has 1 amide bonds. The maximum absolute atomic E-state index is 12.0. The predicted octanol–water partition coefficient (Wildman–Crippen LogP) is 3.64. The fraction of sp³-hybridized carbons (Fsp3) is 0.312. The van der Waals surface area contributed by atoms with Crippen LogP contribution >= 0.6 is 0 Å². The van der Waals surface area contributed by atoms with Crippen molar-refractivity contribution < 1.29 is 9.21 Å². The molecule has 1 aromatic heterocycles. The summed E-state index contributed by atoms with van der Waals surface area (Å²) in [6.45, 7) is 5.91. The molecule has 1 N–H and O–H groups in total. The number of nitrogens with one attached hydrogen (secondary N) is 1. The van der Waals surface area contributed by atoms with Gasteiger partial charge in [0.1, 0.15) is 5.76 Å². The largest absolute Gasteiger partial charge is 0.456 e. The van der Waals surface area contributed by atoms with Crippen molar-refractivity contribution in [1.29, 1.82) is 0 Å². The fourth-order valence-corrected chi connectivity index (χ4v) is 1.95. The SMILES string of the molecule is CCc1ccc([C@H](C)NC(=O)c2ccc(C)o2)cc1. The first-order valence-electron chi connectivity index (χ1n) is 6.56. The van der Waals surface area contributed by atoms with Crippen LogP contribution in [0.2, 0.25) is 0 Å². The summed E-state index contributed by atoms with van der Waals surface area (Å²) in [5.41, 5.74) is 2.39. The molecule has 0 bridgehead atoms. The third-order valence-corrected chi connectivity index (χ3v) is 3.20. The lowest BCUT2D eigenvalue weighted by Gasteiger charge is -2.13. The molecule has 0 saturated heterocycles. The van der Waals surface area contributed by atoms with Crippen molar-refractivity contribution in [2.45, 2.75) is 33.2 Å². The number of furan rings is 1. The second-order valence-electron chi connectivity index (χ2n) is 4.70. The number of carbonyl (C=O) groups is 1. The molecule has 0 saturated carbocycles. The van der Waals surface area contributed by atoms with Gasteiger partial charge in [-0.05, 0) is 43.5 Å². The maximum Gasteiger partial charge on any atom is 0.287 e. The minimum absolute atomic E-state index is 0.0381. The molecule has 2 rings (SSSR count). The highest BCUT2D eigenvalue weighted by molar-refractivity contribution is 5.91. The first-order valence-corrected chi connectivity index (χ1v) is 6.56. The third-order valence-electron chi connectivity index (χ3n) is 3.20. The summed E-state index contributed by atoms with van der Waals surface area (Å²) in [5.74, 6) is 0.916. The van der Waals surface area contributed by atoms with E-state index >= 15 is 0 Å². The third kappa shape index (κ3) is 3.25. The molecular weight excluding hydrogens is 238 g/mol. The number of carbonyl (C=O) groups excluding carboxylic acids is 1. The lowest BCUT2D eigenvalue weighted by atomic mass is 10.0. The van der Waals surface area contributed by atoms with Crippen LogP contribution in [0.15, 0.2) is 40.8 Å². The molecule has 19 heavy (non-hydrogen) atoms. The molecule has 0 fully saturated rings. The molecule has 2 aromatic rings. The van der Waals surface area contributed by atoms with Crippen molar-refractivity contribution >= 4 is 5.91 Å². The average Bonchev–Trinajstić information content (AvgIpc) is 2.85. The lowest BCUT2D eigenvalue weighted by molar-refractivity contribution is 0.0910. The summed E-state index contributed by atoms with van der Waals surface area (Å²) in [6, 6.07) is 11.7. The van der Waals surface area contributed by atoms with Gasteiger partial charge in [-0.15, -0.1) is 0 Å². The quantitative estimate of drug-likeness (QED) is 0.908. The predicted molar refractivity (Wildman–Crippen MR) is 75.1 cm³/mol. The Labute approximate surface area is 113 Å². The highest BCUT2D eigenvalue weighted by atomic mass is 16.3. The Morgan fingerprint density at radius 2 is 1.89 bits per heavy atom. The Bertz CT molecular complexity index is 554. The number of amides is 1. The summed E-state index contributed by atoms with van der Waals surface area (Å²) in [7, 11) is 0. The number of aryl methyl sites for hydroxylation is 2. The van der Waals surface area contributed by atoms with Crippen molar-refractivity contribution in [3.63, 3.8) is 0 Å². The molecule has 3 nitrogen and oxygen atoms in total. The molecular formula is C16H19NO2. The summed E-state index contributed by atoms with van der Waals surface area (Å²) in [5, 5.41) is 2.93. The normalized spacial score (nSPS) is 12.2. The van der Waals surface area contributed by atoms with Crippen LogP contribution in [0.1, 0.15) is 47.3 Å². The summed E-state index contributed by atoms with van der Waals surface area (Å²) in [6.07, 6.45) is 1.02. The highest BCUT2D eigenvalue weighted by Gasteiger charge is 2.14. The van der Waals surface area contributed by atoms with Gasteiger partial charge in [0.2, 0.25) is 0 Å². The first-order chi connectivity index (χ1) is 9.10. The Hall–Kier alpha value is -2.03. The summed E-state index contributed by atoms with van der Waals surface area (Å²) in [4.78, 5) is 12.0. The van der Waals surface area contributed by atoms with E-state index in [1.807, 2.05) is 13.8 Å². The molecule has 3 heteroatoms. The second-order valence-corrected chi connectivity index (χ2v) is 4.70. The zero-order valence-corrected chi connectivity index (χ0v) is 11.6. The molecule has 1 aromatic carbocycles. The van der Waals surface area contributed by atoms with E-state index < -0.39 is 0 Å². The minimum atomic E-state index is -0.180. The highest BCUT2D eigenvalue weighted by Crippen LogP contribution is 2.15. The van der Waals surface area contributed by atoms with Crippen LogP contribution in [-0.2, 0) is 6.42 Å². The van der Waals surface area contributed by atoms with Crippen molar-refractivity contribution in [2.24, 2.45) is 0 Å². The number of rotatable bonds is 4. The monoisotopic (exact) mass is 257 g/mol. The van der Waals surface area contributed by atoms with Gasteiger partial charge in [-0.3, -0.25) is 4.79 Å². The van der Waals surface area contributed by atoms with Gasteiger partial charge in [-0.25, -0.2) is 0 Å². The molecule has 1 heterocycles. The lowest BCUT2D eigenvalue weighted by Crippen LogP contribution is -2.26. The topological polar surface area (TPSA) is 42.2 Å². The standard InChI is InChI=1S/C16H19NO2/c1-4-13-6-8-14(9-7-13)12(3)17-16(18)15-10-5-11(2)19-15/h5-10,12H,4H2,1-3H3,(H,17,18)/t12-/m0/s1. The molecule has 0 radical (unpaired) electrons. The Balaban J connectivity index is 2.03. The van der Waals surface area contributed by atoms with Crippen LogP contribution in [0, 0.1) is 6.92 Å². The fourth-order valence-electron chi connectivity index (χ4n) is 1.95. The van der Waals surface area contributed by atoms with Crippen molar-refractivity contribution in [2.75, 3.05) is 0 Å². The molecule has 0 aliphatic heterocycles. The van der Waals surface area contributed by atoms with Crippen LogP contribution in [-0.4, -0.2) is 5.91 Å². The van der Waals surface area contributed by atoms with Crippen molar-refractivity contribution in [3.05, 3.63) is 59.0 Å². The number of benzene rings is 1. The van der Waals surface area contributed by atoms with E-state index in [4.69, 9.17) is 4.42 Å². The van der Waals surface area contributed by atoms with Crippen LogP contribution in [0.3, 0.4) is 0 Å². The van der Waals surface area contributed by atoms with E-state index in [9.17, 15) is 4.79 Å². The van der Waals surface area contributed by atoms with E-state index in [2.05, 4.69) is 36.5 Å². The van der Waals surface area contributed by atoms with Crippen LogP contribution in [0.4, 0.5) is 0 Å². The van der Waals surface area contributed by atoms with Gasteiger partial charge in [0.05, 0.1) is 6.04 Å². The zero-order chi connectivity index (χ0) is 13.8. The van der Waals surface area contributed by atoms with E-state index in [0.717, 1.165) is 17.7 Å². The van der Waals surface area contributed by atoms with Crippen molar-refractivity contribution in [3.8, 4) is 0 Å². The Morgan fingerprint density at radius 3 is 2.42 bits per heavy atom. The van der Waals surface area contributed by atoms with Gasteiger partial charge in [-0.1, -0.05) is 31.2 Å². The average molecular weight is 257 g/mol. The smallest absolute Gasteiger partial charge is 0.287 e. The molecule has 0 aliphatic rings.